The van der Waals surface area contributed by atoms with Crippen molar-refractivity contribution < 1.29 is 19.3 Å². The molecule has 10 nitrogen and oxygen atoms in total. The molecule has 136 valence electrons. The topological polar surface area (TPSA) is 145 Å². The lowest BCUT2D eigenvalue weighted by Crippen LogP contribution is -2.43. The van der Waals surface area contributed by atoms with E-state index in [4.69, 9.17) is 10.3 Å². The number of nitrogens with zero attached hydrogens (tertiary/aromatic N) is 5. The van der Waals surface area contributed by atoms with Gasteiger partial charge in [-0.15, -0.1) is 0 Å². The first kappa shape index (κ1) is 17.6. The van der Waals surface area contributed by atoms with E-state index in [9.17, 15) is 19.4 Å². The number of aromatic nitrogens is 2. The van der Waals surface area contributed by atoms with Crippen LogP contribution in [0.2, 0.25) is 0 Å². The normalized spacial score (nSPS) is 32.5. The Kier molecular flexibility index (Phi) is 4.91. The van der Waals surface area contributed by atoms with E-state index in [0.717, 1.165) is 30.3 Å². The minimum absolute atomic E-state index is 0.258. The van der Waals surface area contributed by atoms with Crippen LogP contribution in [0.1, 0.15) is 31.9 Å². The Labute approximate surface area is 141 Å². The van der Waals surface area contributed by atoms with Crippen LogP contribution in [0.15, 0.2) is 22.2 Å². The van der Waals surface area contributed by atoms with Crippen LogP contribution in [-0.4, -0.2) is 50.4 Å². The first-order chi connectivity index (χ1) is 12.0. The Morgan fingerprint density at radius 2 is 2.28 bits per heavy atom. The highest BCUT2D eigenvalue weighted by Gasteiger charge is 2.56. The molecule has 0 radical (unpaired) electrons. The van der Waals surface area contributed by atoms with Gasteiger partial charge in [-0.1, -0.05) is 18.0 Å². The van der Waals surface area contributed by atoms with Crippen molar-refractivity contribution in [1.82, 2.24) is 9.55 Å². The first-order valence-electron chi connectivity index (χ1n) is 8.03. The number of anilines is 1. The quantitative estimate of drug-likeness (QED) is 0.405. The van der Waals surface area contributed by atoms with Gasteiger partial charge in [-0.25, -0.2) is 9.18 Å². The van der Waals surface area contributed by atoms with Crippen molar-refractivity contribution in [2.45, 2.75) is 56.0 Å². The second-order valence-electron chi connectivity index (χ2n) is 6.22. The molecule has 0 amide bonds. The zero-order chi connectivity index (χ0) is 18.0. The van der Waals surface area contributed by atoms with E-state index in [1.807, 2.05) is 0 Å². The van der Waals surface area contributed by atoms with E-state index < -0.39 is 36.5 Å². The maximum Gasteiger partial charge on any atom is 0.351 e. The predicted octanol–water partition coefficient (Wildman–Crippen LogP) is 0.825. The number of halogens is 1. The van der Waals surface area contributed by atoms with Gasteiger partial charge in [0, 0.05) is 17.2 Å². The van der Waals surface area contributed by atoms with Gasteiger partial charge in [0.2, 0.25) is 5.72 Å². The molecule has 0 bridgehead atoms. The third kappa shape index (κ3) is 3.19. The SMILES string of the molecule is [N-]=[N+]=N[C@]1(CO)O[C@@H](n2ccc(NC3CCCC3)nc2=O)[C@@H](F)[C@@H]1O. The smallest absolute Gasteiger partial charge is 0.351 e. The number of alkyl halides is 1. The summed E-state index contributed by atoms with van der Waals surface area (Å²) in [4.78, 5) is 18.6. The van der Waals surface area contributed by atoms with Gasteiger partial charge in [0.05, 0.1) is 6.61 Å². The molecule has 3 N–H and O–H groups in total. The number of hydrogen-bond donors (Lipinski definition) is 3. The summed E-state index contributed by atoms with van der Waals surface area (Å²) in [6.07, 6.45) is -0.0229. The summed E-state index contributed by atoms with van der Waals surface area (Å²) < 4.78 is 20.5. The van der Waals surface area contributed by atoms with Crippen LogP contribution in [0.5, 0.6) is 0 Å². The number of nitrogens with one attached hydrogen (secondary N) is 1. The molecular formula is C14H19FN6O4. The Balaban J connectivity index is 1.84. The lowest BCUT2D eigenvalue weighted by atomic mass is 10.1. The van der Waals surface area contributed by atoms with Gasteiger partial charge in [0.1, 0.15) is 11.9 Å². The molecule has 1 aromatic heterocycles. The predicted molar refractivity (Wildman–Crippen MR) is 84.4 cm³/mol. The van der Waals surface area contributed by atoms with E-state index in [0.29, 0.717) is 5.82 Å². The molecule has 0 aromatic carbocycles. The fourth-order valence-electron chi connectivity index (χ4n) is 3.25. The lowest BCUT2D eigenvalue weighted by Gasteiger charge is -2.23. The van der Waals surface area contributed by atoms with Gasteiger partial charge in [-0.3, -0.25) is 4.57 Å². The molecule has 1 saturated heterocycles. The molecule has 2 heterocycles. The summed E-state index contributed by atoms with van der Waals surface area (Å²) in [5.41, 5.74) is 5.59. The zero-order valence-corrected chi connectivity index (χ0v) is 13.3. The molecule has 1 aromatic rings. The van der Waals surface area contributed by atoms with Crippen LogP contribution in [-0.2, 0) is 4.74 Å². The maximum atomic E-state index is 14.4. The summed E-state index contributed by atoms with van der Waals surface area (Å²) in [5.74, 6) is 0.380. The highest BCUT2D eigenvalue weighted by atomic mass is 19.1. The second kappa shape index (κ2) is 6.96. The van der Waals surface area contributed by atoms with Crippen molar-refractivity contribution in [2.24, 2.45) is 5.11 Å². The second-order valence-corrected chi connectivity index (χ2v) is 6.22. The number of ether oxygens (including phenoxy) is 1. The standard InChI is InChI=1S/C14H19FN6O4/c15-10-11(23)14(7-22,19-20-16)25-12(10)21-6-5-9(18-13(21)24)17-8-3-1-2-4-8/h5-6,8,10-12,22-23H,1-4,7H2,(H,17,18,24)/t10-,11-,12+,14+/m0/s1. The fourth-order valence-corrected chi connectivity index (χ4v) is 3.25. The molecule has 2 aliphatic rings. The Hall–Kier alpha value is -2.20. The van der Waals surface area contributed by atoms with Gasteiger partial charge in [0.25, 0.3) is 0 Å². The molecule has 11 heteroatoms. The summed E-state index contributed by atoms with van der Waals surface area (Å²) in [5, 5.41) is 25.6. The van der Waals surface area contributed by atoms with Crippen molar-refractivity contribution in [3.05, 3.63) is 33.2 Å². The van der Waals surface area contributed by atoms with Gasteiger partial charge < -0.3 is 20.3 Å². The molecule has 1 saturated carbocycles. The summed E-state index contributed by atoms with van der Waals surface area (Å²) in [6, 6.07) is 1.77. The largest absolute Gasteiger partial charge is 0.393 e. The highest BCUT2D eigenvalue weighted by molar-refractivity contribution is 5.33. The average molecular weight is 354 g/mol. The van der Waals surface area contributed by atoms with Crippen LogP contribution < -0.4 is 11.0 Å². The minimum Gasteiger partial charge on any atom is -0.393 e. The van der Waals surface area contributed by atoms with Crippen molar-refractivity contribution in [1.29, 1.82) is 0 Å². The Morgan fingerprint density at radius 1 is 1.56 bits per heavy atom. The van der Waals surface area contributed by atoms with Crippen LogP contribution in [0, 0.1) is 0 Å². The van der Waals surface area contributed by atoms with Gasteiger partial charge >= 0.3 is 5.69 Å². The third-order valence-corrected chi connectivity index (χ3v) is 4.61. The third-order valence-electron chi connectivity index (χ3n) is 4.61. The van der Waals surface area contributed by atoms with Crippen LogP contribution in [0.4, 0.5) is 10.2 Å². The number of aliphatic hydroxyl groups excluding tert-OH is 2. The van der Waals surface area contributed by atoms with Gasteiger partial charge in [0.15, 0.2) is 12.4 Å². The Bertz CT molecular complexity index is 732. The lowest BCUT2D eigenvalue weighted by molar-refractivity contribution is -0.124. The van der Waals surface area contributed by atoms with E-state index >= 15 is 0 Å². The summed E-state index contributed by atoms with van der Waals surface area (Å²) >= 11 is 0. The number of rotatable bonds is 5. The Morgan fingerprint density at radius 3 is 2.88 bits per heavy atom. The van der Waals surface area contributed by atoms with Gasteiger partial charge in [-0.2, -0.15) is 4.98 Å². The zero-order valence-electron chi connectivity index (χ0n) is 13.3. The number of hydrogen-bond acceptors (Lipinski definition) is 7. The van der Waals surface area contributed by atoms with Crippen molar-refractivity contribution in [3.8, 4) is 0 Å². The minimum atomic E-state index is -2.18. The number of aliphatic hydroxyl groups is 2. The first-order valence-corrected chi connectivity index (χ1v) is 8.03. The van der Waals surface area contributed by atoms with Gasteiger partial charge in [-0.05, 0) is 24.4 Å². The fraction of sp³-hybridized carbons (Fsp3) is 0.714. The monoisotopic (exact) mass is 354 g/mol. The van der Waals surface area contributed by atoms with E-state index in [-0.39, 0.29) is 6.04 Å². The molecular weight excluding hydrogens is 335 g/mol. The van der Waals surface area contributed by atoms with E-state index in [1.165, 1.54) is 12.3 Å². The van der Waals surface area contributed by atoms with E-state index in [2.05, 4.69) is 20.3 Å². The van der Waals surface area contributed by atoms with Crippen LogP contribution in [0.25, 0.3) is 10.4 Å². The van der Waals surface area contributed by atoms with Crippen LogP contribution in [0.3, 0.4) is 0 Å². The summed E-state index contributed by atoms with van der Waals surface area (Å²) in [7, 11) is 0. The highest BCUT2D eigenvalue weighted by Crippen LogP contribution is 2.39. The van der Waals surface area contributed by atoms with Crippen molar-refractivity contribution >= 4 is 5.82 Å². The molecule has 4 atom stereocenters. The summed E-state index contributed by atoms with van der Waals surface area (Å²) in [6.45, 7) is -0.932. The molecule has 2 fully saturated rings. The molecule has 3 rings (SSSR count). The van der Waals surface area contributed by atoms with Crippen LogP contribution >= 0.6 is 0 Å². The average Bonchev–Trinajstić information content (AvgIpc) is 3.18. The van der Waals surface area contributed by atoms with Crippen molar-refractivity contribution in [2.75, 3.05) is 11.9 Å². The van der Waals surface area contributed by atoms with Crippen molar-refractivity contribution in [3.63, 3.8) is 0 Å². The molecule has 0 unspecified atom stereocenters. The maximum absolute atomic E-state index is 14.4. The molecule has 1 aliphatic heterocycles. The molecule has 25 heavy (non-hydrogen) atoms. The molecule has 0 spiro atoms. The van der Waals surface area contributed by atoms with E-state index in [1.54, 1.807) is 0 Å². The number of azide groups is 1. The molecule has 1 aliphatic carbocycles.